The van der Waals surface area contributed by atoms with E-state index >= 15 is 0 Å². The molecule has 1 N–H and O–H groups in total. The monoisotopic (exact) mass is 418 g/mol. The average molecular weight is 419 g/mol. The van der Waals surface area contributed by atoms with Crippen LogP contribution in [-0.4, -0.2) is 42.2 Å². The highest BCUT2D eigenvalue weighted by Gasteiger charge is 2.34. The summed E-state index contributed by atoms with van der Waals surface area (Å²) in [6.07, 6.45) is 0. The third kappa shape index (κ3) is 3.61. The fraction of sp³-hybridized carbons (Fsp3) is 0.409. The summed E-state index contributed by atoms with van der Waals surface area (Å²) in [4.78, 5) is 15.4. The van der Waals surface area contributed by atoms with E-state index in [-0.39, 0.29) is 5.92 Å². The maximum absolute atomic E-state index is 11.0. The molecule has 0 radical (unpaired) electrons. The van der Waals surface area contributed by atoms with E-state index in [1.807, 2.05) is 18.2 Å². The van der Waals surface area contributed by atoms with Crippen LogP contribution in [0.4, 0.5) is 5.69 Å². The predicted octanol–water partition coefficient (Wildman–Crippen LogP) is 4.73. The molecule has 2 aromatic carbocycles. The number of hydrogen-bond donors (Lipinski definition) is 1. The number of likely N-dealkylation sites (tertiary alicyclic amines) is 1. The molecule has 2 fully saturated rings. The zero-order valence-corrected chi connectivity index (χ0v) is 17.6. The Labute approximate surface area is 175 Å². The summed E-state index contributed by atoms with van der Waals surface area (Å²) in [5, 5.41) is 10.4. The summed E-state index contributed by atoms with van der Waals surface area (Å²) >= 11 is 12.7. The Kier molecular flexibility index (Phi) is 5.30. The van der Waals surface area contributed by atoms with E-state index in [1.165, 1.54) is 22.3 Å². The van der Waals surface area contributed by atoms with Crippen molar-refractivity contribution in [2.24, 2.45) is 5.92 Å². The summed E-state index contributed by atoms with van der Waals surface area (Å²) in [7, 11) is 0. The van der Waals surface area contributed by atoms with Crippen LogP contribution in [0.2, 0.25) is 10.0 Å². The van der Waals surface area contributed by atoms with Crippen LogP contribution in [0.5, 0.6) is 0 Å². The van der Waals surface area contributed by atoms with Crippen LogP contribution in [0.1, 0.15) is 28.2 Å². The van der Waals surface area contributed by atoms with Crippen molar-refractivity contribution >= 4 is 34.9 Å². The number of carboxylic acids is 1. The lowest BCUT2D eigenvalue weighted by atomic mass is 9.86. The minimum Gasteiger partial charge on any atom is -0.481 e. The van der Waals surface area contributed by atoms with Crippen LogP contribution in [0.25, 0.3) is 0 Å². The molecule has 0 aromatic heterocycles. The predicted molar refractivity (Wildman–Crippen MR) is 114 cm³/mol. The molecule has 6 heteroatoms. The molecule has 4 nitrogen and oxygen atoms in total. The molecule has 0 bridgehead atoms. The average Bonchev–Trinajstić information content (AvgIpc) is 2.53. The molecule has 2 aliphatic heterocycles. The van der Waals surface area contributed by atoms with E-state index in [1.54, 1.807) is 0 Å². The number of aryl methyl sites for hydroxylation is 2. The summed E-state index contributed by atoms with van der Waals surface area (Å²) < 4.78 is 0. The molecule has 28 heavy (non-hydrogen) atoms. The SMILES string of the molecule is Cc1cc(C2CN(c3c(Cl)cccc3Cl)C2)cc(C)c1CN1CC(C(=O)O)C1. The Morgan fingerprint density at radius 3 is 2.18 bits per heavy atom. The molecule has 0 amide bonds. The highest BCUT2D eigenvalue weighted by Crippen LogP contribution is 2.40. The van der Waals surface area contributed by atoms with E-state index in [4.69, 9.17) is 28.3 Å². The van der Waals surface area contributed by atoms with Gasteiger partial charge < -0.3 is 10.0 Å². The van der Waals surface area contributed by atoms with Gasteiger partial charge in [0.05, 0.1) is 21.7 Å². The van der Waals surface area contributed by atoms with E-state index in [0.717, 1.165) is 25.3 Å². The molecule has 2 heterocycles. The van der Waals surface area contributed by atoms with Gasteiger partial charge in [-0.3, -0.25) is 9.69 Å². The van der Waals surface area contributed by atoms with Crippen LogP contribution in [0, 0.1) is 19.8 Å². The Morgan fingerprint density at radius 1 is 1.07 bits per heavy atom. The second-order valence-corrected chi connectivity index (χ2v) is 8.85. The molecule has 4 rings (SSSR count). The van der Waals surface area contributed by atoms with Gasteiger partial charge in [-0.2, -0.15) is 0 Å². The summed E-state index contributed by atoms with van der Waals surface area (Å²) in [6.45, 7) is 8.25. The van der Waals surface area contributed by atoms with Crippen LogP contribution in [0.15, 0.2) is 30.3 Å². The van der Waals surface area contributed by atoms with Gasteiger partial charge in [-0.25, -0.2) is 0 Å². The Balaban J connectivity index is 1.43. The molecule has 148 valence electrons. The second-order valence-electron chi connectivity index (χ2n) is 8.03. The number of nitrogens with zero attached hydrogens (tertiary/aromatic N) is 2. The fourth-order valence-electron chi connectivity index (χ4n) is 4.25. The van der Waals surface area contributed by atoms with Crippen molar-refractivity contribution in [1.29, 1.82) is 0 Å². The first-order chi connectivity index (χ1) is 13.3. The number of rotatable bonds is 5. The molecule has 0 unspecified atom stereocenters. The zero-order valence-electron chi connectivity index (χ0n) is 16.1. The molecular weight excluding hydrogens is 395 g/mol. The Hall–Kier alpha value is -1.75. The van der Waals surface area contributed by atoms with Gasteiger partial charge in [0.15, 0.2) is 0 Å². The quantitative estimate of drug-likeness (QED) is 0.761. The molecule has 2 saturated heterocycles. The number of para-hydroxylation sites is 1. The lowest BCUT2D eigenvalue weighted by Gasteiger charge is -2.42. The number of benzene rings is 2. The van der Waals surface area contributed by atoms with E-state index < -0.39 is 5.97 Å². The summed E-state index contributed by atoms with van der Waals surface area (Å²) in [5.41, 5.74) is 6.16. The van der Waals surface area contributed by atoms with Crippen molar-refractivity contribution in [2.75, 3.05) is 31.1 Å². The van der Waals surface area contributed by atoms with Crippen LogP contribution in [-0.2, 0) is 11.3 Å². The number of hydrogen-bond acceptors (Lipinski definition) is 3. The highest BCUT2D eigenvalue weighted by molar-refractivity contribution is 6.39. The molecule has 2 aromatic rings. The second kappa shape index (κ2) is 7.58. The number of carbonyl (C=O) groups is 1. The largest absolute Gasteiger partial charge is 0.481 e. The topological polar surface area (TPSA) is 43.8 Å². The van der Waals surface area contributed by atoms with Crippen LogP contribution < -0.4 is 4.90 Å². The van der Waals surface area contributed by atoms with Gasteiger partial charge in [0.2, 0.25) is 0 Å². The van der Waals surface area contributed by atoms with Gasteiger partial charge in [-0.1, -0.05) is 41.4 Å². The summed E-state index contributed by atoms with van der Waals surface area (Å²) in [5.74, 6) is -0.426. The van der Waals surface area contributed by atoms with E-state index in [0.29, 0.717) is 29.1 Å². The van der Waals surface area contributed by atoms with Crippen molar-refractivity contribution in [2.45, 2.75) is 26.3 Å². The first kappa shape index (κ1) is 19.6. The number of anilines is 1. The third-order valence-electron chi connectivity index (χ3n) is 6.01. The molecule has 2 aliphatic rings. The standard InChI is InChI=1S/C22H24Cl2N2O2/c1-13-6-15(7-14(2)18(13)12-25-8-17(9-25)22(27)28)16-10-26(11-16)21-19(23)4-3-5-20(21)24/h3-7,16-17H,8-12H2,1-2H3,(H,27,28). The van der Waals surface area contributed by atoms with Crippen molar-refractivity contribution in [1.82, 2.24) is 4.90 Å². The van der Waals surface area contributed by atoms with E-state index in [2.05, 4.69) is 35.8 Å². The van der Waals surface area contributed by atoms with Crippen molar-refractivity contribution in [3.05, 3.63) is 62.6 Å². The minimum atomic E-state index is -0.687. The van der Waals surface area contributed by atoms with E-state index in [9.17, 15) is 4.79 Å². The lowest BCUT2D eigenvalue weighted by Crippen LogP contribution is -2.49. The molecule has 0 aliphatic carbocycles. The van der Waals surface area contributed by atoms with Gasteiger partial charge in [-0.15, -0.1) is 0 Å². The highest BCUT2D eigenvalue weighted by atomic mass is 35.5. The van der Waals surface area contributed by atoms with Gasteiger partial charge in [0.1, 0.15) is 0 Å². The van der Waals surface area contributed by atoms with Crippen molar-refractivity contribution < 1.29 is 9.90 Å². The Bertz CT molecular complexity index is 875. The number of carboxylic acid groups (broad SMARTS) is 1. The maximum Gasteiger partial charge on any atom is 0.309 e. The van der Waals surface area contributed by atoms with Crippen LogP contribution in [0.3, 0.4) is 0 Å². The molecule has 0 saturated carbocycles. The van der Waals surface area contributed by atoms with Gasteiger partial charge in [0.25, 0.3) is 0 Å². The smallest absolute Gasteiger partial charge is 0.309 e. The minimum absolute atomic E-state index is 0.211. The van der Waals surface area contributed by atoms with Gasteiger partial charge in [0, 0.05) is 38.6 Å². The van der Waals surface area contributed by atoms with Crippen molar-refractivity contribution in [3.63, 3.8) is 0 Å². The lowest BCUT2D eigenvalue weighted by molar-refractivity contribution is -0.147. The molecule has 0 spiro atoms. The zero-order chi connectivity index (χ0) is 20.0. The Morgan fingerprint density at radius 2 is 1.64 bits per heavy atom. The molecule has 0 atom stereocenters. The first-order valence-electron chi connectivity index (χ1n) is 9.57. The normalized spacial score (nSPS) is 18.1. The third-order valence-corrected chi connectivity index (χ3v) is 6.62. The molecular formula is C22H24Cl2N2O2. The number of aliphatic carboxylic acids is 1. The van der Waals surface area contributed by atoms with Gasteiger partial charge in [-0.05, 0) is 48.2 Å². The maximum atomic E-state index is 11.0. The summed E-state index contributed by atoms with van der Waals surface area (Å²) in [6, 6.07) is 10.2. The first-order valence-corrected chi connectivity index (χ1v) is 10.3. The van der Waals surface area contributed by atoms with Crippen molar-refractivity contribution in [3.8, 4) is 0 Å². The fourth-order valence-corrected chi connectivity index (χ4v) is 4.89. The van der Waals surface area contributed by atoms with Gasteiger partial charge >= 0.3 is 5.97 Å². The number of halogens is 2. The van der Waals surface area contributed by atoms with Crippen LogP contribution >= 0.6 is 23.2 Å².